The molecule has 3 aromatic rings. The van der Waals surface area contributed by atoms with E-state index in [1.165, 1.54) is 14.2 Å². The number of hydrogen-bond acceptors (Lipinski definition) is 6. The number of rotatable bonds is 8. The molecule has 1 aromatic heterocycles. The van der Waals surface area contributed by atoms with E-state index in [4.69, 9.17) is 14.2 Å². The molecular weight excluding hydrogens is 388 g/mol. The van der Waals surface area contributed by atoms with Crippen LogP contribution in [-0.4, -0.2) is 43.6 Å². The molecule has 0 spiro atoms. The van der Waals surface area contributed by atoms with Gasteiger partial charge in [-0.25, -0.2) is 9.59 Å². The monoisotopic (exact) mass is 410 g/mol. The second-order valence-corrected chi connectivity index (χ2v) is 6.52. The Bertz CT molecular complexity index is 1060. The predicted octanol–water partition coefficient (Wildman–Crippen LogP) is 3.00. The molecule has 8 nitrogen and oxygen atoms in total. The molecule has 0 radical (unpaired) electrons. The third kappa shape index (κ3) is 4.96. The van der Waals surface area contributed by atoms with Gasteiger partial charge in [0.25, 0.3) is 0 Å². The van der Waals surface area contributed by atoms with E-state index in [-0.39, 0.29) is 31.0 Å². The lowest BCUT2D eigenvalue weighted by atomic mass is 10.0. The zero-order chi connectivity index (χ0) is 21.5. The molecule has 0 fully saturated rings. The van der Waals surface area contributed by atoms with Gasteiger partial charge in [-0.15, -0.1) is 0 Å². The lowest BCUT2D eigenvalue weighted by Crippen LogP contribution is -2.30. The standard InChI is InChI=1S/C22H22N2O6/c1-28-19-9-8-15(17-11-18(21(26)29-2)24-20(17)19)10-16(25)12-23-22(27)30-13-14-6-4-3-5-7-14/h3-9,11,24H,10,12-13H2,1-2H3,(H,23,27). The maximum absolute atomic E-state index is 12.4. The summed E-state index contributed by atoms with van der Waals surface area (Å²) in [6.07, 6.45) is -0.598. The van der Waals surface area contributed by atoms with Gasteiger partial charge in [-0.1, -0.05) is 36.4 Å². The van der Waals surface area contributed by atoms with Crippen molar-refractivity contribution in [1.82, 2.24) is 10.3 Å². The molecular formula is C22H22N2O6. The number of hydrogen-bond donors (Lipinski definition) is 2. The molecule has 0 aliphatic heterocycles. The number of H-pyrrole nitrogens is 1. The first kappa shape index (κ1) is 20.9. The first-order chi connectivity index (χ1) is 14.5. The van der Waals surface area contributed by atoms with Crippen molar-refractivity contribution in [3.8, 4) is 5.75 Å². The van der Waals surface area contributed by atoms with E-state index < -0.39 is 12.1 Å². The summed E-state index contributed by atoms with van der Waals surface area (Å²) in [5.41, 5.74) is 2.40. The number of alkyl carbamates (subject to hydrolysis) is 1. The molecule has 1 amide bonds. The number of nitrogens with one attached hydrogen (secondary N) is 2. The minimum Gasteiger partial charge on any atom is -0.495 e. The lowest BCUT2D eigenvalue weighted by molar-refractivity contribution is -0.117. The molecule has 2 N–H and O–H groups in total. The minimum atomic E-state index is -0.665. The van der Waals surface area contributed by atoms with E-state index in [1.807, 2.05) is 30.3 Å². The smallest absolute Gasteiger partial charge is 0.407 e. The van der Waals surface area contributed by atoms with E-state index in [0.29, 0.717) is 22.2 Å². The second-order valence-electron chi connectivity index (χ2n) is 6.52. The number of methoxy groups -OCH3 is 2. The molecule has 0 saturated heterocycles. The fourth-order valence-corrected chi connectivity index (χ4v) is 3.02. The van der Waals surface area contributed by atoms with Crippen molar-refractivity contribution < 1.29 is 28.6 Å². The fourth-order valence-electron chi connectivity index (χ4n) is 3.02. The molecule has 0 aliphatic carbocycles. The van der Waals surface area contributed by atoms with Crippen LogP contribution >= 0.6 is 0 Å². The van der Waals surface area contributed by atoms with E-state index >= 15 is 0 Å². The number of esters is 1. The molecule has 156 valence electrons. The molecule has 3 rings (SSSR count). The number of benzene rings is 2. The number of Topliss-reactive ketones (excluding diaryl/α,β-unsaturated/α-hetero) is 1. The van der Waals surface area contributed by atoms with Gasteiger partial charge in [0.15, 0.2) is 5.78 Å². The number of carbonyl (C=O) groups excluding carboxylic acids is 3. The molecule has 2 aromatic carbocycles. The van der Waals surface area contributed by atoms with Crippen LogP contribution in [0, 0.1) is 0 Å². The topological polar surface area (TPSA) is 107 Å². The first-order valence-corrected chi connectivity index (χ1v) is 9.25. The van der Waals surface area contributed by atoms with Crippen LogP contribution in [-0.2, 0) is 27.3 Å². The predicted molar refractivity (Wildman–Crippen MR) is 110 cm³/mol. The van der Waals surface area contributed by atoms with Gasteiger partial charge in [0, 0.05) is 11.8 Å². The Morgan fingerprint density at radius 2 is 1.80 bits per heavy atom. The van der Waals surface area contributed by atoms with Gasteiger partial charge in [-0.2, -0.15) is 0 Å². The van der Waals surface area contributed by atoms with Gasteiger partial charge in [0.05, 0.1) is 26.3 Å². The fraction of sp³-hybridized carbons (Fsp3) is 0.227. The molecule has 1 heterocycles. The van der Waals surface area contributed by atoms with Crippen LogP contribution in [0.15, 0.2) is 48.5 Å². The van der Waals surface area contributed by atoms with E-state index in [9.17, 15) is 14.4 Å². The Morgan fingerprint density at radius 3 is 2.50 bits per heavy atom. The van der Waals surface area contributed by atoms with E-state index in [0.717, 1.165) is 5.56 Å². The molecule has 0 saturated carbocycles. The van der Waals surface area contributed by atoms with Crippen molar-refractivity contribution in [2.24, 2.45) is 0 Å². The van der Waals surface area contributed by atoms with Gasteiger partial charge in [0.1, 0.15) is 18.1 Å². The van der Waals surface area contributed by atoms with Crippen LogP contribution in [0.25, 0.3) is 10.9 Å². The van der Waals surface area contributed by atoms with Crippen LogP contribution in [0.1, 0.15) is 21.6 Å². The van der Waals surface area contributed by atoms with Crippen LogP contribution < -0.4 is 10.1 Å². The molecule has 30 heavy (non-hydrogen) atoms. The van der Waals surface area contributed by atoms with Gasteiger partial charge in [-0.05, 0) is 23.3 Å². The van der Waals surface area contributed by atoms with Crippen molar-refractivity contribution in [2.45, 2.75) is 13.0 Å². The quantitative estimate of drug-likeness (QED) is 0.553. The second kappa shape index (κ2) is 9.60. The number of fused-ring (bicyclic) bond motifs is 1. The number of aromatic amines is 1. The summed E-state index contributed by atoms with van der Waals surface area (Å²) >= 11 is 0. The zero-order valence-corrected chi connectivity index (χ0v) is 16.7. The largest absolute Gasteiger partial charge is 0.495 e. The Labute approximate surface area is 173 Å². The van der Waals surface area contributed by atoms with E-state index in [2.05, 4.69) is 10.3 Å². The van der Waals surface area contributed by atoms with Crippen molar-refractivity contribution in [2.75, 3.05) is 20.8 Å². The summed E-state index contributed by atoms with van der Waals surface area (Å²) in [5.74, 6) is -0.189. The third-order valence-corrected chi connectivity index (χ3v) is 4.50. The van der Waals surface area contributed by atoms with Crippen LogP contribution in [0.3, 0.4) is 0 Å². The summed E-state index contributed by atoms with van der Waals surface area (Å²) in [6, 6.07) is 14.3. The third-order valence-electron chi connectivity index (χ3n) is 4.50. The zero-order valence-electron chi connectivity index (χ0n) is 16.7. The Balaban J connectivity index is 1.62. The van der Waals surface area contributed by atoms with Crippen LogP contribution in [0.5, 0.6) is 5.75 Å². The average Bonchev–Trinajstić information content (AvgIpc) is 3.22. The maximum atomic E-state index is 12.4. The summed E-state index contributed by atoms with van der Waals surface area (Å²) in [7, 11) is 2.81. The Hall–Kier alpha value is -3.81. The summed E-state index contributed by atoms with van der Waals surface area (Å²) in [4.78, 5) is 39.0. The highest BCUT2D eigenvalue weighted by atomic mass is 16.5. The SMILES string of the molecule is COC(=O)c1cc2c(CC(=O)CNC(=O)OCc3ccccc3)ccc(OC)c2[nH]1. The van der Waals surface area contributed by atoms with Crippen molar-refractivity contribution in [3.05, 3.63) is 65.4 Å². The number of ketones is 1. The number of aromatic nitrogens is 1. The Kier molecular flexibility index (Phi) is 6.69. The molecule has 8 heteroatoms. The van der Waals surface area contributed by atoms with Crippen molar-refractivity contribution >= 4 is 28.7 Å². The summed E-state index contributed by atoms with van der Waals surface area (Å²) in [6.45, 7) is -0.0466. The number of ether oxygens (including phenoxy) is 3. The van der Waals surface area contributed by atoms with Crippen molar-refractivity contribution in [3.63, 3.8) is 0 Å². The first-order valence-electron chi connectivity index (χ1n) is 9.25. The highest BCUT2D eigenvalue weighted by Crippen LogP contribution is 2.29. The van der Waals surface area contributed by atoms with Gasteiger partial charge in [-0.3, -0.25) is 4.79 Å². The average molecular weight is 410 g/mol. The van der Waals surface area contributed by atoms with Gasteiger partial charge in [0.2, 0.25) is 0 Å². The molecule has 0 unspecified atom stereocenters. The van der Waals surface area contributed by atoms with Crippen LogP contribution in [0.2, 0.25) is 0 Å². The lowest BCUT2D eigenvalue weighted by Gasteiger charge is -2.08. The molecule has 0 atom stereocenters. The summed E-state index contributed by atoms with van der Waals surface area (Å²) in [5, 5.41) is 3.13. The highest BCUT2D eigenvalue weighted by Gasteiger charge is 2.17. The summed E-state index contributed by atoms with van der Waals surface area (Å²) < 4.78 is 15.2. The number of carbonyl (C=O) groups is 3. The van der Waals surface area contributed by atoms with Gasteiger partial charge < -0.3 is 24.5 Å². The van der Waals surface area contributed by atoms with E-state index in [1.54, 1.807) is 18.2 Å². The molecule has 0 bridgehead atoms. The van der Waals surface area contributed by atoms with Crippen LogP contribution in [0.4, 0.5) is 4.79 Å². The van der Waals surface area contributed by atoms with Crippen molar-refractivity contribution in [1.29, 1.82) is 0 Å². The molecule has 0 aliphatic rings. The normalized spacial score (nSPS) is 10.5. The minimum absolute atomic E-state index is 0.0674. The van der Waals surface area contributed by atoms with Gasteiger partial charge >= 0.3 is 12.1 Å². The maximum Gasteiger partial charge on any atom is 0.407 e. The highest BCUT2D eigenvalue weighted by molar-refractivity contribution is 5.99. The number of amides is 1. The Morgan fingerprint density at radius 1 is 1.03 bits per heavy atom.